The Bertz CT molecular complexity index is 199. The Kier molecular flexibility index (Phi) is 4.82. The number of Topliss-reactive ketones (excluding diaryl/α,β-unsaturated/α-hetero) is 1. The molecule has 0 aromatic heterocycles. The number of rotatable bonds is 4. The molecule has 0 amide bonds. The van der Waals surface area contributed by atoms with Gasteiger partial charge < -0.3 is 0 Å². The quantitative estimate of drug-likeness (QED) is 0.683. The van der Waals surface area contributed by atoms with E-state index in [4.69, 9.17) is 0 Å². The lowest BCUT2D eigenvalue weighted by Crippen LogP contribution is -2.21. The van der Waals surface area contributed by atoms with Gasteiger partial charge in [0, 0.05) is 5.92 Å². The second kappa shape index (κ2) is 5.67. The Balaban J connectivity index is 2.28. The number of carbonyl (C=O) groups excluding carboxylic acids is 1. The first kappa shape index (κ1) is 12.7. The lowest BCUT2D eigenvalue weighted by molar-refractivity contribution is -0.120. The lowest BCUT2D eigenvalue weighted by atomic mass is 9.74. The van der Waals surface area contributed by atoms with Crippen LogP contribution >= 0.6 is 0 Å². The van der Waals surface area contributed by atoms with E-state index >= 15 is 0 Å². The maximum atomic E-state index is 11.2. The molecule has 0 heterocycles. The van der Waals surface area contributed by atoms with Crippen LogP contribution in [0.1, 0.15) is 59.8 Å². The van der Waals surface area contributed by atoms with E-state index in [-0.39, 0.29) is 5.92 Å². The van der Waals surface area contributed by atoms with Crippen LogP contribution in [0, 0.1) is 23.7 Å². The largest absolute Gasteiger partial charge is 0.300 e. The molecule has 0 aliphatic heterocycles. The van der Waals surface area contributed by atoms with Crippen LogP contribution in [0.4, 0.5) is 0 Å². The minimum atomic E-state index is 0.283. The van der Waals surface area contributed by atoms with Gasteiger partial charge in [-0.15, -0.1) is 0 Å². The maximum absolute atomic E-state index is 11.2. The van der Waals surface area contributed by atoms with Gasteiger partial charge in [0.1, 0.15) is 5.78 Å². The summed E-state index contributed by atoms with van der Waals surface area (Å²) in [6.07, 6.45) is 6.58. The Labute approximate surface area is 94.6 Å². The van der Waals surface area contributed by atoms with Gasteiger partial charge in [-0.1, -0.05) is 33.6 Å². The first-order valence-electron chi connectivity index (χ1n) is 6.51. The number of hydrogen-bond donors (Lipinski definition) is 0. The minimum Gasteiger partial charge on any atom is -0.300 e. The molecule has 1 fully saturated rings. The highest BCUT2D eigenvalue weighted by Crippen LogP contribution is 2.36. The van der Waals surface area contributed by atoms with Crippen LogP contribution in [-0.4, -0.2) is 5.78 Å². The molecule has 1 aliphatic rings. The van der Waals surface area contributed by atoms with Gasteiger partial charge in [0.15, 0.2) is 0 Å². The van der Waals surface area contributed by atoms with Crippen molar-refractivity contribution >= 4 is 5.78 Å². The molecule has 0 aromatic carbocycles. The SMILES string of the molecule is CC(=O)C(C)CC1CCC(C(C)C)CC1. The molecule has 0 saturated heterocycles. The molecule has 0 spiro atoms. The van der Waals surface area contributed by atoms with Crippen molar-refractivity contribution in [3.8, 4) is 0 Å². The van der Waals surface area contributed by atoms with Crippen LogP contribution in [0.15, 0.2) is 0 Å². The van der Waals surface area contributed by atoms with E-state index in [9.17, 15) is 4.79 Å². The topological polar surface area (TPSA) is 17.1 Å². The smallest absolute Gasteiger partial charge is 0.132 e. The average Bonchev–Trinajstić information content (AvgIpc) is 2.18. The molecule has 1 unspecified atom stereocenters. The summed E-state index contributed by atoms with van der Waals surface area (Å²) in [7, 11) is 0. The highest BCUT2D eigenvalue weighted by molar-refractivity contribution is 5.77. The highest BCUT2D eigenvalue weighted by Gasteiger charge is 2.24. The zero-order chi connectivity index (χ0) is 11.4. The van der Waals surface area contributed by atoms with Crippen molar-refractivity contribution in [1.29, 1.82) is 0 Å². The molecule has 1 saturated carbocycles. The molecule has 88 valence electrons. The van der Waals surface area contributed by atoms with Crippen molar-refractivity contribution in [3.63, 3.8) is 0 Å². The molecule has 15 heavy (non-hydrogen) atoms. The number of hydrogen-bond acceptors (Lipinski definition) is 1. The van der Waals surface area contributed by atoms with Crippen LogP contribution in [0.3, 0.4) is 0 Å². The summed E-state index contributed by atoms with van der Waals surface area (Å²) in [4.78, 5) is 11.2. The van der Waals surface area contributed by atoms with Crippen LogP contribution < -0.4 is 0 Å². The average molecular weight is 210 g/mol. The van der Waals surface area contributed by atoms with E-state index in [2.05, 4.69) is 20.8 Å². The van der Waals surface area contributed by atoms with Gasteiger partial charge in [0.25, 0.3) is 0 Å². The second-order valence-electron chi connectivity index (χ2n) is 5.77. The number of ketones is 1. The van der Waals surface area contributed by atoms with Gasteiger partial charge in [-0.3, -0.25) is 4.79 Å². The molecule has 1 nitrogen and oxygen atoms in total. The second-order valence-corrected chi connectivity index (χ2v) is 5.77. The van der Waals surface area contributed by atoms with Gasteiger partial charge in [-0.05, 0) is 43.9 Å². The van der Waals surface area contributed by atoms with Gasteiger partial charge in [-0.25, -0.2) is 0 Å². The summed E-state index contributed by atoms with van der Waals surface area (Å²) in [5.74, 6) is 3.25. The fourth-order valence-electron chi connectivity index (χ4n) is 2.76. The Morgan fingerprint density at radius 3 is 2.07 bits per heavy atom. The summed E-state index contributed by atoms with van der Waals surface area (Å²) in [5, 5.41) is 0. The normalized spacial score (nSPS) is 29.1. The fourth-order valence-corrected chi connectivity index (χ4v) is 2.76. The molecule has 0 radical (unpaired) electrons. The molecule has 0 aromatic rings. The molecular formula is C14H26O. The Hall–Kier alpha value is -0.330. The monoisotopic (exact) mass is 210 g/mol. The fraction of sp³-hybridized carbons (Fsp3) is 0.929. The third-order valence-electron chi connectivity index (χ3n) is 4.22. The van der Waals surface area contributed by atoms with E-state index in [0.717, 1.165) is 24.2 Å². The van der Waals surface area contributed by atoms with Crippen LogP contribution in [-0.2, 0) is 4.79 Å². The van der Waals surface area contributed by atoms with Gasteiger partial charge >= 0.3 is 0 Å². The third-order valence-corrected chi connectivity index (χ3v) is 4.22. The number of carbonyl (C=O) groups is 1. The molecule has 1 aliphatic carbocycles. The first-order valence-corrected chi connectivity index (χ1v) is 6.51. The van der Waals surface area contributed by atoms with Crippen LogP contribution in [0.25, 0.3) is 0 Å². The van der Waals surface area contributed by atoms with Crippen molar-refractivity contribution in [3.05, 3.63) is 0 Å². The van der Waals surface area contributed by atoms with Crippen molar-refractivity contribution in [2.75, 3.05) is 0 Å². The highest BCUT2D eigenvalue weighted by atomic mass is 16.1. The van der Waals surface area contributed by atoms with E-state index in [1.54, 1.807) is 6.92 Å². The molecule has 1 atom stereocenters. The minimum absolute atomic E-state index is 0.283. The summed E-state index contributed by atoms with van der Waals surface area (Å²) in [5.41, 5.74) is 0. The van der Waals surface area contributed by atoms with Crippen molar-refractivity contribution < 1.29 is 4.79 Å². The zero-order valence-electron chi connectivity index (χ0n) is 10.8. The van der Waals surface area contributed by atoms with Crippen molar-refractivity contribution in [1.82, 2.24) is 0 Å². The summed E-state index contributed by atoms with van der Waals surface area (Å²) < 4.78 is 0. The summed E-state index contributed by atoms with van der Waals surface area (Å²) in [6, 6.07) is 0. The molecule has 1 heteroatoms. The van der Waals surface area contributed by atoms with E-state index in [1.807, 2.05) is 0 Å². The van der Waals surface area contributed by atoms with Gasteiger partial charge in [0.2, 0.25) is 0 Å². The molecule has 0 bridgehead atoms. The molecule has 0 N–H and O–H groups in total. The predicted octanol–water partition coefficient (Wildman–Crippen LogP) is 4.06. The maximum Gasteiger partial charge on any atom is 0.132 e. The van der Waals surface area contributed by atoms with Gasteiger partial charge in [-0.2, -0.15) is 0 Å². The van der Waals surface area contributed by atoms with Gasteiger partial charge in [0.05, 0.1) is 0 Å². The Morgan fingerprint density at radius 1 is 1.13 bits per heavy atom. The van der Waals surface area contributed by atoms with E-state index in [0.29, 0.717) is 5.78 Å². The first-order chi connectivity index (χ1) is 7.00. The van der Waals surface area contributed by atoms with Crippen LogP contribution in [0.2, 0.25) is 0 Å². The predicted molar refractivity (Wildman–Crippen MR) is 64.7 cm³/mol. The molecular weight excluding hydrogens is 184 g/mol. The van der Waals surface area contributed by atoms with E-state index < -0.39 is 0 Å². The van der Waals surface area contributed by atoms with Crippen molar-refractivity contribution in [2.45, 2.75) is 59.8 Å². The van der Waals surface area contributed by atoms with E-state index in [1.165, 1.54) is 25.7 Å². The summed E-state index contributed by atoms with van der Waals surface area (Å²) >= 11 is 0. The Morgan fingerprint density at radius 2 is 1.67 bits per heavy atom. The van der Waals surface area contributed by atoms with Crippen LogP contribution in [0.5, 0.6) is 0 Å². The zero-order valence-corrected chi connectivity index (χ0v) is 10.8. The lowest BCUT2D eigenvalue weighted by Gasteiger charge is -2.31. The summed E-state index contributed by atoms with van der Waals surface area (Å²) in [6.45, 7) is 8.48. The third kappa shape index (κ3) is 3.96. The van der Waals surface area contributed by atoms with Crippen molar-refractivity contribution in [2.24, 2.45) is 23.7 Å². The molecule has 1 rings (SSSR count). The standard InChI is InChI=1S/C14H26O/c1-10(2)14-7-5-13(6-8-14)9-11(3)12(4)15/h10-11,13-14H,5-9H2,1-4H3.